The molecule has 9 heteroatoms. The third kappa shape index (κ3) is 5.04. The van der Waals surface area contributed by atoms with Crippen LogP contribution >= 0.6 is 0 Å². The Labute approximate surface area is 198 Å². The van der Waals surface area contributed by atoms with Crippen LogP contribution in [0.3, 0.4) is 0 Å². The highest BCUT2D eigenvalue weighted by Gasteiger charge is 2.32. The minimum atomic E-state index is -1.20. The van der Waals surface area contributed by atoms with Crippen LogP contribution in [0.4, 0.5) is 5.82 Å². The Balaban J connectivity index is 1.67. The summed E-state index contributed by atoms with van der Waals surface area (Å²) >= 11 is 0. The Hall–Kier alpha value is -3.85. The van der Waals surface area contributed by atoms with Crippen molar-refractivity contribution in [2.75, 3.05) is 19.5 Å². The monoisotopic (exact) mass is 463 g/mol. The second-order valence-corrected chi connectivity index (χ2v) is 8.54. The fourth-order valence-corrected chi connectivity index (χ4v) is 3.63. The van der Waals surface area contributed by atoms with Crippen LogP contribution in [0.5, 0.6) is 11.6 Å². The van der Waals surface area contributed by atoms with Crippen LogP contribution in [0.1, 0.15) is 25.0 Å². The number of aryl methyl sites for hydroxylation is 1. The summed E-state index contributed by atoms with van der Waals surface area (Å²) in [6, 6.07) is 15.5. The molecule has 0 saturated carbocycles. The fraction of sp³-hybridized carbons (Fsp3) is 0.320. The maximum Gasteiger partial charge on any atom is 0.269 e. The number of hydrogen-bond acceptors (Lipinski definition) is 6. The smallest absolute Gasteiger partial charge is 0.269 e. The average Bonchev–Trinajstić information content (AvgIpc) is 3.36. The summed E-state index contributed by atoms with van der Waals surface area (Å²) in [7, 11) is 5.08. The normalized spacial score (nSPS) is 11.6. The fourth-order valence-electron chi connectivity index (χ4n) is 3.63. The van der Waals surface area contributed by atoms with Crippen LogP contribution in [0.25, 0.3) is 10.9 Å². The van der Waals surface area contributed by atoms with Crippen molar-refractivity contribution in [3.8, 4) is 11.6 Å². The van der Waals surface area contributed by atoms with Crippen LogP contribution in [0, 0.1) is 0 Å². The first-order chi connectivity index (χ1) is 16.3. The molecule has 34 heavy (non-hydrogen) atoms. The predicted octanol–water partition coefficient (Wildman–Crippen LogP) is 3.77. The quantitative estimate of drug-likeness (QED) is 0.406. The number of rotatable bonds is 9. The molecule has 2 aromatic heterocycles. The molecule has 1 N–H and O–H groups in total. The van der Waals surface area contributed by atoms with E-state index in [4.69, 9.17) is 19.3 Å². The van der Waals surface area contributed by atoms with Gasteiger partial charge < -0.3 is 19.5 Å². The van der Waals surface area contributed by atoms with Gasteiger partial charge in [-0.25, -0.2) is 0 Å². The Morgan fingerprint density at radius 3 is 2.59 bits per heavy atom. The predicted molar refractivity (Wildman–Crippen MR) is 129 cm³/mol. The van der Waals surface area contributed by atoms with Crippen molar-refractivity contribution in [2.45, 2.75) is 32.6 Å². The first kappa shape index (κ1) is 23.3. The van der Waals surface area contributed by atoms with Gasteiger partial charge in [0.25, 0.3) is 5.91 Å². The van der Waals surface area contributed by atoms with E-state index in [-0.39, 0.29) is 5.91 Å². The van der Waals surface area contributed by atoms with E-state index in [9.17, 15) is 4.79 Å². The van der Waals surface area contributed by atoms with Crippen LogP contribution in [0.15, 0.2) is 54.7 Å². The zero-order valence-corrected chi connectivity index (χ0v) is 20.0. The highest BCUT2D eigenvalue weighted by atomic mass is 16.5. The Bertz CT molecular complexity index is 1310. The zero-order chi connectivity index (χ0) is 24.3. The van der Waals surface area contributed by atoms with Gasteiger partial charge in [-0.05, 0) is 49.2 Å². The van der Waals surface area contributed by atoms with E-state index in [2.05, 4.69) is 10.4 Å². The molecule has 0 atom stereocenters. The number of nitrogens with one attached hydrogen (secondary N) is 1. The number of nitrogens with zero attached hydrogens (tertiary/aromatic N) is 4. The van der Waals surface area contributed by atoms with Crippen molar-refractivity contribution < 1.29 is 19.0 Å². The highest BCUT2D eigenvalue weighted by Crippen LogP contribution is 2.30. The number of ether oxygens (including phenoxy) is 3. The van der Waals surface area contributed by atoms with Gasteiger partial charge in [0.2, 0.25) is 5.88 Å². The largest absolute Gasteiger partial charge is 0.497 e. The molecule has 0 fully saturated rings. The van der Waals surface area contributed by atoms with Crippen molar-refractivity contribution >= 4 is 22.6 Å². The zero-order valence-electron chi connectivity index (χ0n) is 20.0. The molecule has 0 aliphatic heterocycles. The average molecular weight is 464 g/mol. The first-order valence-corrected chi connectivity index (χ1v) is 10.9. The summed E-state index contributed by atoms with van der Waals surface area (Å²) in [5, 5.41) is 12.5. The van der Waals surface area contributed by atoms with Crippen molar-refractivity contribution in [1.29, 1.82) is 0 Å². The van der Waals surface area contributed by atoms with E-state index in [0.29, 0.717) is 24.8 Å². The van der Waals surface area contributed by atoms with Crippen molar-refractivity contribution in [1.82, 2.24) is 19.6 Å². The molecule has 9 nitrogen and oxygen atoms in total. The topological polar surface area (TPSA) is 92.4 Å². The van der Waals surface area contributed by atoms with Crippen LogP contribution in [0.2, 0.25) is 0 Å². The Morgan fingerprint density at radius 2 is 1.88 bits per heavy atom. The SMILES string of the molecule is COCc1ccc2c(c1)c(OC(C)(C)C(=O)Nc1ccn(C)n1)nn2Cc1cccc(OC)c1. The Morgan fingerprint density at radius 1 is 1.06 bits per heavy atom. The molecule has 0 unspecified atom stereocenters. The number of carbonyl (C=O) groups excluding carboxylic acids is 1. The maximum atomic E-state index is 13.0. The summed E-state index contributed by atoms with van der Waals surface area (Å²) in [6.07, 6.45) is 1.76. The van der Waals surface area contributed by atoms with E-state index in [0.717, 1.165) is 27.8 Å². The minimum absolute atomic E-state index is 0.324. The minimum Gasteiger partial charge on any atom is -0.497 e. The number of fused-ring (bicyclic) bond motifs is 1. The number of methoxy groups -OCH3 is 2. The lowest BCUT2D eigenvalue weighted by molar-refractivity contribution is -0.128. The molecular weight excluding hydrogens is 434 g/mol. The van der Waals surface area contributed by atoms with E-state index in [1.54, 1.807) is 52.1 Å². The number of anilines is 1. The van der Waals surface area contributed by atoms with E-state index >= 15 is 0 Å². The molecule has 0 saturated heterocycles. The molecule has 0 aliphatic rings. The van der Waals surface area contributed by atoms with Gasteiger partial charge in [-0.2, -0.15) is 5.10 Å². The molecule has 2 heterocycles. The number of amides is 1. The standard InChI is InChI=1S/C25H29N5O4/c1-25(2,24(31)26-22-11-12-29(3)27-22)34-23-20-14-18(16-32-4)9-10-21(20)30(28-23)15-17-7-6-8-19(13-17)33-5/h6-14H,15-16H2,1-5H3,(H,26,27,31). The molecule has 178 valence electrons. The summed E-state index contributed by atoms with van der Waals surface area (Å²) < 4.78 is 20.3. The van der Waals surface area contributed by atoms with Gasteiger partial charge in [0, 0.05) is 26.4 Å². The molecule has 0 aliphatic carbocycles. The van der Waals surface area contributed by atoms with Crippen LogP contribution in [-0.2, 0) is 29.7 Å². The molecule has 4 aromatic rings. The van der Waals surface area contributed by atoms with Crippen molar-refractivity contribution in [2.24, 2.45) is 7.05 Å². The molecule has 2 aromatic carbocycles. The molecule has 0 bridgehead atoms. The molecule has 0 spiro atoms. The van der Waals surface area contributed by atoms with Gasteiger partial charge in [-0.1, -0.05) is 18.2 Å². The van der Waals surface area contributed by atoms with Crippen molar-refractivity contribution in [3.63, 3.8) is 0 Å². The maximum absolute atomic E-state index is 13.0. The number of carbonyl (C=O) groups is 1. The summed E-state index contributed by atoms with van der Waals surface area (Å²) in [6.45, 7) is 4.38. The van der Waals surface area contributed by atoms with Crippen LogP contribution in [-0.4, -0.2) is 45.3 Å². The lowest BCUT2D eigenvalue weighted by atomic mass is 10.1. The lowest BCUT2D eigenvalue weighted by Crippen LogP contribution is -2.42. The van der Waals surface area contributed by atoms with Crippen molar-refractivity contribution in [3.05, 3.63) is 65.9 Å². The molecular formula is C25H29N5O4. The molecule has 4 rings (SSSR count). The number of benzene rings is 2. The van der Waals surface area contributed by atoms with Gasteiger partial charge in [-0.15, -0.1) is 5.10 Å². The van der Waals surface area contributed by atoms with E-state index < -0.39 is 5.60 Å². The second kappa shape index (κ2) is 9.56. The third-order valence-corrected chi connectivity index (χ3v) is 5.41. The summed E-state index contributed by atoms with van der Waals surface area (Å²) in [5.74, 6) is 1.28. The van der Waals surface area contributed by atoms with Gasteiger partial charge in [0.05, 0.1) is 31.2 Å². The van der Waals surface area contributed by atoms with Gasteiger partial charge in [-0.3, -0.25) is 14.2 Å². The highest BCUT2D eigenvalue weighted by molar-refractivity contribution is 5.96. The summed E-state index contributed by atoms with van der Waals surface area (Å²) in [4.78, 5) is 13.0. The van der Waals surface area contributed by atoms with E-state index in [1.807, 2.05) is 47.1 Å². The first-order valence-electron chi connectivity index (χ1n) is 10.9. The van der Waals surface area contributed by atoms with Crippen LogP contribution < -0.4 is 14.8 Å². The van der Waals surface area contributed by atoms with E-state index in [1.165, 1.54) is 0 Å². The van der Waals surface area contributed by atoms with Gasteiger partial charge >= 0.3 is 0 Å². The molecule has 0 radical (unpaired) electrons. The van der Waals surface area contributed by atoms with Gasteiger partial charge in [0.1, 0.15) is 5.75 Å². The Kier molecular flexibility index (Phi) is 6.56. The molecule has 1 amide bonds. The number of hydrogen-bond donors (Lipinski definition) is 1. The number of aromatic nitrogens is 4. The second-order valence-electron chi connectivity index (χ2n) is 8.54. The third-order valence-electron chi connectivity index (χ3n) is 5.41. The summed E-state index contributed by atoms with van der Waals surface area (Å²) in [5.41, 5.74) is 1.70. The van der Waals surface area contributed by atoms with Gasteiger partial charge in [0.15, 0.2) is 11.4 Å². The lowest BCUT2D eigenvalue weighted by Gasteiger charge is -2.23.